The smallest absolute Gasteiger partial charge is 0.337 e. The van der Waals surface area contributed by atoms with Gasteiger partial charge in [0.2, 0.25) is 0 Å². The number of esters is 1. The van der Waals surface area contributed by atoms with E-state index >= 15 is 0 Å². The van der Waals surface area contributed by atoms with Crippen LogP contribution in [0.3, 0.4) is 0 Å². The lowest BCUT2D eigenvalue weighted by atomic mass is 9.76. The number of nitrogens with one attached hydrogen (secondary N) is 1. The van der Waals surface area contributed by atoms with Crippen LogP contribution in [0, 0.1) is 11.8 Å². The van der Waals surface area contributed by atoms with Crippen molar-refractivity contribution < 1.29 is 9.53 Å². The van der Waals surface area contributed by atoms with E-state index in [0.29, 0.717) is 5.56 Å². The van der Waals surface area contributed by atoms with Crippen LogP contribution in [0.4, 0.5) is 0 Å². The predicted octanol–water partition coefficient (Wildman–Crippen LogP) is 5.31. The minimum Gasteiger partial charge on any atom is -0.465 e. The first kappa shape index (κ1) is 18.6. The molecule has 1 unspecified atom stereocenters. The monoisotopic (exact) mass is 379 g/mol. The molecule has 0 spiro atoms. The summed E-state index contributed by atoms with van der Waals surface area (Å²) in [5, 5.41) is 0.960. The number of aromatic amines is 1. The van der Waals surface area contributed by atoms with Gasteiger partial charge in [0.15, 0.2) is 0 Å². The van der Waals surface area contributed by atoms with E-state index in [1.807, 2.05) is 66.9 Å². The van der Waals surface area contributed by atoms with E-state index in [1.165, 1.54) is 7.11 Å². The molecule has 0 saturated carbocycles. The van der Waals surface area contributed by atoms with Crippen molar-refractivity contribution >= 4 is 16.9 Å². The number of fused-ring (bicyclic) bond motifs is 1. The topological polar surface area (TPSA) is 42.1 Å². The Hall–Kier alpha value is -3.77. The molecule has 3 aromatic carbocycles. The summed E-state index contributed by atoms with van der Waals surface area (Å²) in [6.45, 7) is 2.12. The molecule has 0 aliphatic carbocycles. The molecule has 0 aliphatic heterocycles. The van der Waals surface area contributed by atoms with Crippen molar-refractivity contribution in [1.82, 2.24) is 4.98 Å². The third-order valence-electron chi connectivity index (χ3n) is 5.22. The van der Waals surface area contributed by atoms with E-state index in [-0.39, 0.29) is 5.97 Å². The van der Waals surface area contributed by atoms with Gasteiger partial charge in [-0.05, 0) is 48.4 Å². The lowest BCUT2D eigenvalue weighted by Crippen LogP contribution is -2.21. The van der Waals surface area contributed by atoms with Gasteiger partial charge in [0, 0.05) is 22.7 Å². The average Bonchev–Trinajstić information content (AvgIpc) is 3.22. The molecule has 0 aliphatic rings. The summed E-state index contributed by atoms with van der Waals surface area (Å²) < 4.78 is 4.90. The van der Waals surface area contributed by atoms with E-state index in [9.17, 15) is 4.79 Å². The van der Waals surface area contributed by atoms with Gasteiger partial charge in [0.1, 0.15) is 0 Å². The van der Waals surface area contributed by atoms with Gasteiger partial charge in [-0.2, -0.15) is 0 Å². The maximum Gasteiger partial charge on any atom is 0.337 e. The fraction of sp³-hybridized carbons (Fsp3) is 0.115. The molecule has 0 fully saturated rings. The van der Waals surface area contributed by atoms with Crippen LogP contribution in [0.5, 0.6) is 0 Å². The molecule has 0 bridgehead atoms. The molecule has 142 valence electrons. The van der Waals surface area contributed by atoms with Crippen molar-refractivity contribution in [3.63, 3.8) is 0 Å². The normalized spacial score (nSPS) is 12.6. The molecule has 1 atom stereocenters. The molecule has 3 nitrogen and oxygen atoms in total. The van der Waals surface area contributed by atoms with E-state index in [1.54, 1.807) is 6.07 Å². The predicted molar refractivity (Wildman–Crippen MR) is 116 cm³/mol. The molecule has 29 heavy (non-hydrogen) atoms. The van der Waals surface area contributed by atoms with Gasteiger partial charge in [-0.15, -0.1) is 0 Å². The van der Waals surface area contributed by atoms with Crippen LogP contribution in [-0.2, 0) is 10.2 Å². The number of hydrogen-bond acceptors (Lipinski definition) is 2. The second-order valence-corrected chi connectivity index (χ2v) is 7.06. The van der Waals surface area contributed by atoms with Gasteiger partial charge in [-0.3, -0.25) is 0 Å². The molecular formula is C26H21NO2. The summed E-state index contributed by atoms with van der Waals surface area (Å²) in [4.78, 5) is 15.4. The lowest BCUT2D eigenvalue weighted by Gasteiger charge is -2.24. The zero-order chi connectivity index (χ0) is 20.3. The highest BCUT2D eigenvalue weighted by Crippen LogP contribution is 2.36. The molecule has 1 N–H and O–H groups in total. The highest BCUT2D eigenvalue weighted by molar-refractivity contribution is 5.96. The molecule has 4 aromatic rings. The molecule has 3 heteroatoms. The maximum absolute atomic E-state index is 12.1. The fourth-order valence-electron chi connectivity index (χ4n) is 3.56. The van der Waals surface area contributed by atoms with Crippen LogP contribution in [0.1, 0.15) is 34.0 Å². The van der Waals surface area contributed by atoms with Gasteiger partial charge in [0.05, 0.1) is 18.1 Å². The number of rotatable bonds is 3. The van der Waals surface area contributed by atoms with Crippen LogP contribution < -0.4 is 0 Å². The van der Waals surface area contributed by atoms with Crippen LogP contribution in [0.2, 0.25) is 0 Å². The lowest BCUT2D eigenvalue weighted by molar-refractivity contribution is 0.0601. The molecule has 1 aromatic heterocycles. The van der Waals surface area contributed by atoms with E-state index in [0.717, 1.165) is 27.6 Å². The van der Waals surface area contributed by atoms with Crippen molar-refractivity contribution in [3.8, 4) is 11.8 Å². The van der Waals surface area contributed by atoms with Crippen molar-refractivity contribution in [2.45, 2.75) is 12.3 Å². The first-order chi connectivity index (χ1) is 14.1. The Labute approximate surface area is 170 Å². The molecule has 4 rings (SSSR count). The Morgan fingerprint density at radius 3 is 2.34 bits per heavy atom. The Morgan fingerprint density at radius 2 is 1.66 bits per heavy atom. The number of carbonyl (C=O) groups excluding carboxylic acids is 1. The van der Waals surface area contributed by atoms with Gasteiger partial charge in [-0.1, -0.05) is 60.4 Å². The molecule has 0 radical (unpaired) electrons. The number of aromatic nitrogens is 1. The van der Waals surface area contributed by atoms with Crippen LogP contribution in [0.15, 0.2) is 85.1 Å². The molecule has 0 amide bonds. The highest BCUT2D eigenvalue weighted by atomic mass is 16.5. The summed E-state index contributed by atoms with van der Waals surface area (Å²) in [7, 11) is 1.39. The van der Waals surface area contributed by atoms with Gasteiger partial charge in [-0.25, -0.2) is 4.79 Å². The second-order valence-electron chi connectivity index (χ2n) is 7.06. The van der Waals surface area contributed by atoms with Crippen molar-refractivity contribution in [1.29, 1.82) is 0 Å². The van der Waals surface area contributed by atoms with Crippen LogP contribution >= 0.6 is 0 Å². The minimum atomic E-state index is -0.565. The highest BCUT2D eigenvalue weighted by Gasteiger charge is 2.30. The summed E-state index contributed by atoms with van der Waals surface area (Å²) >= 11 is 0. The average molecular weight is 379 g/mol. The third-order valence-corrected chi connectivity index (χ3v) is 5.22. The van der Waals surface area contributed by atoms with Crippen LogP contribution in [0.25, 0.3) is 10.9 Å². The third kappa shape index (κ3) is 3.53. The zero-order valence-corrected chi connectivity index (χ0v) is 16.4. The standard InChI is InChI=1S/C26H21NO2/c1-26(21-11-7-4-8-12-21,16-15-19-9-5-3-6-10-19)23-18-27-24-14-13-20(17-22(23)24)25(28)29-2/h3-14,17-18,27H,1-2H3. The largest absolute Gasteiger partial charge is 0.465 e. The first-order valence-corrected chi connectivity index (χ1v) is 9.45. The SMILES string of the molecule is COC(=O)c1ccc2[nH]cc(C(C)(C#Cc3ccccc3)c3ccccc3)c2c1. The van der Waals surface area contributed by atoms with Crippen molar-refractivity contribution in [2.75, 3.05) is 7.11 Å². The van der Waals surface area contributed by atoms with E-state index < -0.39 is 5.41 Å². The summed E-state index contributed by atoms with van der Waals surface area (Å²) in [5.74, 6) is 6.48. The van der Waals surface area contributed by atoms with Gasteiger partial charge >= 0.3 is 5.97 Å². The quantitative estimate of drug-likeness (QED) is 0.387. The first-order valence-electron chi connectivity index (χ1n) is 9.45. The van der Waals surface area contributed by atoms with E-state index in [4.69, 9.17) is 4.74 Å². The Morgan fingerprint density at radius 1 is 0.966 bits per heavy atom. The summed E-state index contributed by atoms with van der Waals surface area (Å²) in [6, 6.07) is 25.7. The number of methoxy groups -OCH3 is 1. The second kappa shape index (κ2) is 7.69. The van der Waals surface area contributed by atoms with E-state index in [2.05, 4.69) is 35.9 Å². The molecular weight excluding hydrogens is 358 g/mol. The molecule has 1 heterocycles. The summed E-state index contributed by atoms with van der Waals surface area (Å²) in [5.41, 5.74) is 3.98. The number of ether oxygens (including phenoxy) is 1. The zero-order valence-electron chi connectivity index (χ0n) is 16.4. The van der Waals surface area contributed by atoms with Crippen molar-refractivity contribution in [3.05, 3.63) is 107 Å². The number of H-pyrrole nitrogens is 1. The Kier molecular flexibility index (Phi) is 4.93. The molecule has 0 saturated heterocycles. The Balaban J connectivity index is 1.93. The fourth-order valence-corrected chi connectivity index (χ4v) is 3.56. The van der Waals surface area contributed by atoms with Crippen molar-refractivity contribution in [2.24, 2.45) is 0 Å². The number of hydrogen-bond donors (Lipinski definition) is 1. The van der Waals surface area contributed by atoms with Crippen LogP contribution in [-0.4, -0.2) is 18.1 Å². The Bertz CT molecular complexity index is 1210. The van der Waals surface area contributed by atoms with Gasteiger partial charge < -0.3 is 9.72 Å². The maximum atomic E-state index is 12.1. The summed E-state index contributed by atoms with van der Waals surface area (Å²) in [6.07, 6.45) is 1.98. The van der Waals surface area contributed by atoms with Gasteiger partial charge in [0.25, 0.3) is 0 Å². The minimum absolute atomic E-state index is 0.351. The number of benzene rings is 3. The number of carbonyl (C=O) groups is 1.